The van der Waals surface area contributed by atoms with E-state index in [4.69, 9.17) is 0 Å². The molecule has 0 aromatic rings. The Hall–Kier alpha value is -1.39. The summed E-state index contributed by atoms with van der Waals surface area (Å²) in [5.74, 6) is -1.11. The third kappa shape index (κ3) is 2.18. The zero-order chi connectivity index (χ0) is 12.6. The maximum absolute atomic E-state index is 11.8. The molecule has 5 heteroatoms. The van der Waals surface area contributed by atoms with Crippen molar-refractivity contribution in [3.05, 3.63) is 0 Å². The summed E-state index contributed by atoms with van der Waals surface area (Å²) in [5.41, 5.74) is -0.327. The second-order valence-corrected chi connectivity index (χ2v) is 5.60. The van der Waals surface area contributed by atoms with Crippen LogP contribution in [0.1, 0.15) is 39.5 Å². The van der Waals surface area contributed by atoms with Gasteiger partial charge in [0.2, 0.25) is 11.8 Å². The molecule has 1 saturated carbocycles. The lowest BCUT2D eigenvalue weighted by molar-refractivity contribution is -0.143. The molecule has 2 fully saturated rings. The average Bonchev–Trinajstić information content (AvgIpc) is 2.14. The number of rotatable bonds is 1. The highest BCUT2D eigenvalue weighted by Crippen LogP contribution is 2.45. The van der Waals surface area contributed by atoms with Crippen LogP contribution in [-0.4, -0.2) is 17.8 Å². The molecule has 4 amide bonds. The Balaban J connectivity index is 2.22. The molecule has 0 aromatic carbocycles. The van der Waals surface area contributed by atoms with Gasteiger partial charge in [0.1, 0.15) is 5.92 Å². The van der Waals surface area contributed by atoms with Gasteiger partial charge in [0.15, 0.2) is 0 Å². The first-order chi connectivity index (χ1) is 7.92. The molecule has 5 nitrogen and oxygen atoms in total. The van der Waals surface area contributed by atoms with E-state index in [1.54, 1.807) is 0 Å². The first kappa shape index (κ1) is 12.1. The minimum absolute atomic E-state index is 0.327. The number of hydrogen-bond donors (Lipinski definition) is 2. The van der Waals surface area contributed by atoms with E-state index in [1.807, 2.05) is 6.92 Å². The summed E-state index contributed by atoms with van der Waals surface area (Å²) < 4.78 is 0. The molecule has 2 N–H and O–H groups in total. The number of hydrogen-bond acceptors (Lipinski definition) is 3. The fourth-order valence-corrected chi connectivity index (χ4v) is 3.27. The fraction of sp³-hybridized carbons (Fsp3) is 0.750. The average molecular weight is 238 g/mol. The van der Waals surface area contributed by atoms with Crippen LogP contribution in [-0.2, 0) is 9.59 Å². The number of barbiturate groups is 1. The molecule has 17 heavy (non-hydrogen) atoms. The van der Waals surface area contributed by atoms with E-state index in [-0.39, 0.29) is 5.41 Å². The fourth-order valence-electron chi connectivity index (χ4n) is 3.27. The third-order valence-corrected chi connectivity index (χ3v) is 3.95. The van der Waals surface area contributed by atoms with E-state index in [0.29, 0.717) is 5.92 Å². The highest BCUT2D eigenvalue weighted by molar-refractivity contribution is 6.16. The van der Waals surface area contributed by atoms with Crippen molar-refractivity contribution in [2.45, 2.75) is 39.5 Å². The number of carbonyl (C=O) groups excluding carboxylic acids is 3. The molecule has 2 unspecified atom stereocenters. The van der Waals surface area contributed by atoms with Gasteiger partial charge in [0.25, 0.3) is 0 Å². The molecule has 2 atom stereocenters. The van der Waals surface area contributed by atoms with Gasteiger partial charge in [0.05, 0.1) is 0 Å². The van der Waals surface area contributed by atoms with Crippen molar-refractivity contribution < 1.29 is 14.4 Å². The van der Waals surface area contributed by atoms with E-state index in [9.17, 15) is 14.4 Å². The van der Waals surface area contributed by atoms with Gasteiger partial charge in [0, 0.05) is 0 Å². The van der Waals surface area contributed by atoms with Gasteiger partial charge in [-0.3, -0.25) is 20.2 Å². The summed E-state index contributed by atoms with van der Waals surface area (Å²) in [4.78, 5) is 34.7. The summed E-state index contributed by atoms with van der Waals surface area (Å²) >= 11 is 0. The second-order valence-electron chi connectivity index (χ2n) is 5.60. The number of amides is 4. The monoisotopic (exact) mass is 238 g/mol. The topological polar surface area (TPSA) is 75.3 Å². The number of urea groups is 1. The Morgan fingerprint density at radius 2 is 1.76 bits per heavy atom. The van der Waals surface area contributed by atoms with Crippen molar-refractivity contribution in [2.75, 3.05) is 0 Å². The summed E-state index contributed by atoms with van der Waals surface area (Å²) in [6.45, 7) is 4.11. The molecule has 94 valence electrons. The van der Waals surface area contributed by atoms with Crippen molar-refractivity contribution in [3.8, 4) is 0 Å². The van der Waals surface area contributed by atoms with E-state index < -0.39 is 23.8 Å². The molecule has 0 bridgehead atoms. The maximum Gasteiger partial charge on any atom is 0.328 e. The Bertz CT molecular complexity index is 360. The predicted molar refractivity (Wildman–Crippen MR) is 60.9 cm³/mol. The minimum atomic E-state index is -0.733. The van der Waals surface area contributed by atoms with Crippen molar-refractivity contribution in [1.82, 2.24) is 10.6 Å². The Labute approximate surface area is 100 Å². The van der Waals surface area contributed by atoms with E-state index in [2.05, 4.69) is 17.6 Å². The largest absolute Gasteiger partial charge is 0.328 e. The Kier molecular flexibility index (Phi) is 2.93. The van der Waals surface area contributed by atoms with Gasteiger partial charge in [-0.1, -0.05) is 26.7 Å². The molecule has 2 rings (SSSR count). The minimum Gasteiger partial charge on any atom is -0.277 e. The zero-order valence-electron chi connectivity index (χ0n) is 10.2. The lowest BCUT2D eigenvalue weighted by atomic mass is 9.63. The molecular formula is C12H18N2O3. The summed E-state index contributed by atoms with van der Waals surface area (Å²) in [7, 11) is 0. The number of nitrogens with one attached hydrogen (secondary N) is 2. The van der Waals surface area contributed by atoms with Crippen molar-refractivity contribution in [3.63, 3.8) is 0 Å². The maximum atomic E-state index is 11.8. The molecule has 1 aliphatic carbocycles. The van der Waals surface area contributed by atoms with Crippen LogP contribution >= 0.6 is 0 Å². The van der Waals surface area contributed by atoms with Gasteiger partial charge >= 0.3 is 6.03 Å². The summed E-state index contributed by atoms with van der Waals surface area (Å²) in [6, 6.07) is -0.705. The molecule has 2 aliphatic rings. The SMILES string of the molecule is CC1CCCC(C)(C2C(=O)NC(=O)NC2=O)C1. The van der Waals surface area contributed by atoms with E-state index >= 15 is 0 Å². The molecule has 1 heterocycles. The Morgan fingerprint density at radius 3 is 2.29 bits per heavy atom. The number of imide groups is 2. The lowest BCUT2D eigenvalue weighted by Gasteiger charge is -2.42. The molecule has 1 saturated heterocycles. The van der Waals surface area contributed by atoms with Gasteiger partial charge in [-0.15, -0.1) is 0 Å². The van der Waals surface area contributed by atoms with Crippen LogP contribution in [0.2, 0.25) is 0 Å². The van der Waals surface area contributed by atoms with Gasteiger partial charge in [-0.05, 0) is 24.2 Å². The van der Waals surface area contributed by atoms with Crippen LogP contribution in [0, 0.1) is 17.3 Å². The van der Waals surface area contributed by atoms with Crippen molar-refractivity contribution in [1.29, 1.82) is 0 Å². The van der Waals surface area contributed by atoms with Crippen LogP contribution in [0.25, 0.3) is 0 Å². The summed E-state index contributed by atoms with van der Waals surface area (Å²) in [6.07, 6.45) is 3.89. The van der Waals surface area contributed by atoms with Crippen molar-refractivity contribution >= 4 is 17.8 Å². The zero-order valence-corrected chi connectivity index (χ0v) is 10.2. The smallest absolute Gasteiger partial charge is 0.277 e. The summed E-state index contributed by atoms with van der Waals surface area (Å²) in [5, 5.41) is 4.37. The van der Waals surface area contributed by atoms with E-state index in [0.717, 1.165) is 25.7 Å². The molecule has 0 spiro atoms. The standard InChI is InChI=1S/C12H18N2O3/c1-7-4-3-5-12(2,6-7)8-9(15)13-11(17)14-10(8)16/h7-8H,3-6H2,1-2H3,(H2,13,14,15,16,17). The predicted octanol–water partition coefficient (Wildman–Crippen LogP) is 1.19. The highest BCUT2D eigenvalue weighted by Gasteiger charge is 2.48. The molecular weight excluding hydrogens is 220 g/mol. The first-order valence-electron chi connectivity index (χ1n) is 6.08. The van der Waals surface area contributed by atoms with Gasteiger partial charge in [-0.25, -0.2) is 4.79 Å². The van der Waals surface area contributed by atoms with Crippen LogP contribution < -0.4 is 10.6 Å². The first-order valence-corrected chi connectivity index (χ1v) is 6.08. The third-order valence-electron chi connectivity index (χ3n) is 3.95. The van der Waals surface area contributed by atoms with Gasteiger partial charge in [-0.2, -0.15) is 0 Å². The highest BCUT2D eigenvalue weighted by atomic mass is 16.2. The second kappa shape index (κ2) is 4.13. The molecule has 0 radical (unpaired) electrons. The molecule has 0 aromatic heterocycles. The quantitative estimate of drug-likeness (QED) is 0.674. The van der Waals surface area contributed by atoms with Crippen LogP contribution in [0.3, 0.4) is 0 Å². The van der Waals surface area contributed by atoms with Crippen LogP contribution in [0.5, 0.6) is 0 Å². The van der Waals surface area contributed by atoms with Gasteiger partial charge < -0.3 is 0 Å². The Morgan fingerprint density at radius 1 is 1.18 bits per heavy atom. The van der Waals surface area contributed by atoms with Crippen LogP contribution in [0.4, 0.5) is 4.79 Å². The van der Waals surface area contributed by atoms with E-state index in [1.165, 1.54) is 0 Å². The normalized spacial score (nSPS) is 35.4. The molecule has 1 aliphatic heterocycles. The number of carbonyl (C=O) groups is 3. The van der Waals surface area contributed by atoms with Crippen molar-refractivity contribution in [2.24, 2.45) is 17.3 Å². The van der Waals surface area contributed by atoms with Crippen LogP contribution in [0.15, 0.2) is 0 Å². The lowest BCUT2D eigenvalue weighted by Crippen LogP contribution is -2.60.